The Kier molecular flexibility index (Phi) is 6.65. The molecule has 2 fully saturated rings. The molecule has 6 nitrogen and oxygen atoms in total. The van der Waals surface area contributed by atoms with Gasteiger partial charge in [-0.2, -0.15) is 0 Å². The van der Waals surface area contributed by atoms with Crippen LogP contribution >= 0.6 is 0 Å². The normalized spacial score (nSPS) is 26.6. The average molecular weight is 544 g/mol. The molecule has 1 saturated heterocycles. The third-order valence-electron chi connectivity index (χ3n) is 9.54. The highest BCUT2D eigenvalue weighted by Crippen LogP contribution is 2.63. The van der Waals surface area contributed by atoms with Crippen LogP contribution in [0.3, 0.4) is 0 Å². The smallest absolute Gasteiger partial charge is 0.310 e. The van der Waals surface area contributed by atoms with E-state index in [9.17, 15) is 14.0 Å². The lowest BCUT2D eigenvalue weighted by atomic mass is 9.52. The van der Waals surface area contributed by atoms with Gasteiger partial charge in [-0.3, -0.25) is 9.59 Å². The van der Waals surface area contributed by atoms with Gasteiger partial charge in [0, 0.05) is 29.0 Å². The van der Waals surface area contributed by atoms with Gasteiger partial charge in [-0.25, -0.2) is 4.39 Å². The Labute approximate surface area is 233 Å². The van der Waals surface area contributed by atoms with Crippen LogP contribution in [0.1, 0.15) is 48.8 Å². The molecule has 7 rings (SSSR count). The molecule has 5 atom stereocenters. The molecule has 7 heteroatoms. The minimum Gasteiger partial charge on any atom is -0.493 e. The second kappa shape index (κ2) is 10.0. The number of likely N-dealkylation sites (tertiary alicyclic amines) is 1. The third-order valence-corrected chi connectivity index (χ3v) is 9.54. The van der Waals surface area contributed by atoms with Gasteiger partial charge in [-0.15, -0.1) is 0 Å². The fraction of sp³-hybridized carbons (Fsp3) is 0.394. The number of rotatable bonds is 4. The number of ketones is 1. The summed E-state index contributed by atoms with van der Waals surface area (Å²) < 4.78 is 25.7. The summed E-state index contributed by atoms with van der Waals surface area (Å²) in [6.07, 6.45) is 3.47. The molecule has 0 radical (unpaired) electrons. The van der Waals surface area contributed by atoms with Crippen molar-refractivity contribution in [1.82, 2.24) is 4.90 Å². The molecular weight excluding hydrogens is 509 g/mol. The molecule has 1 unspecified atom stereocenters. The number of likely N-dealkylation sites (N-methyl/N-ethyl adjacent to an activating group) is 1. The van der Waals surface area contributed by atoms with Crippen molar-refractivity contribution in [1.29, 1.82) is 0 Å². The molecule has 2 heterocycles. The van der Waals surface area contributed by atoms with Gasteiger partial charge in [0.15, 0.2) is 23.4 Å². The summed E-state index contributed by atoms with van der Waals surface area (Å²) in [5.74, 6) is 0.401. The Morgan fingerprint density at radius 3 is 2.65 bits per heavy atom. The Bertz CT molecular complexity index is 1470. The van der Waals surface area contributed by atoms with Crippen molar-refractivity contribution in [3.63, 3.8) is 0 Å². The van der Waals surface area contributed by atoms with Crippen LogP contribution in [0.4, 0.5) is 4.39 Å². The zero-order chi connectivity index (χ0) is 28.2. The van der Waals surface area contributed by atoms with E-state index in [1.54, 1.807) is 26.2 Å². The number of hydrogen-bond acceptors (Lipinski definition) is 5. The van der Waals surface area contributed by atoms with Crippen molar-refractivity contribution < 1.29 is 28.6 Å². The van der Waals surface area contributed by atoms with E-state index in [1.165, 1.54) is 17.2 Å². The topological polar surface area (TPSA) is 76.1 Å². The second-order valence-corrected chi connectivity index (χ2v) is 11.4. The van der Waals surface area contributed by atoms with Crippen LogP contribution in [0, 0.1) is 11.7 Å². The van der Waals surface area contributed by atoms with Gasteiger partial charge in [0.2, 0.25) is 0 Å². The van der Waals surface area contributed by atoms with Gasteiger partial charge in [-0.05, 0) is 74.5 Å². The lowest BCUT2D eigenvalue weighted by Crippen LogP contribution is -2.65. The highest BCUT2D eigenvalue weighted by Gasteiger charge is 2.65. The largest absolute Gasteiger partial charge is 0.493 e. The van der Waals surface area contributed by atoms with E-state index in [2.05, 4.69) is 18.0 Å². The number of aliphatic carboxylic acids is 1. The van der Waals surface area contributed by atoms with Crippen LogP contribution < -0.4 is 9.47 Å². The van der Waals surface area contributed by atoms with E-state index >= 15 is 0 Å². The predicted octanol–water partition coefficient (Wildman–Crippen LogP) is 5.61. The van der Waals surface area contributed by atoms with E-state index in [0.29, 0.717) is 29.5 Å². The monoisotopic (exact) mass is 543 g/mol. The zero-order valence-corrected chi connectivity index (χ0v) is 23.0. The number of nitrogens with zero attached hydrogens (tertiary/aromatic N) is 1. The summed E-state index contributed by atoms with van der Waals surface area (Å²) in [4.78, 5) is 26.0. The second-order valence-electron chi connectivity index (χ2n) is 11.4. The first-order chi connectivity index (χ1) is 19.3. The molecule has 2 aliphatic carbocycles. The van der Waals surface area contributed by atoms with Crippen molar-refractivity contribution in [2.75, 3.05) is 20.7 Å². The van der Waals surface area contributed by atoms with E-state index < -0.39 is 17.7 Å². The fourth-order valence-electron chi connectivity index (χ4n) is 7.47. The van der Waals surface area contributed by atoms with Crippen LogP contribution in [0.25, 0.3) is 11.1 Å². The maximum Gasteiger partial charge on any atom is 0.310 e. The summed E-state index contributed by atoms with van der Waals surface area (Å²) in [6, 6.07) is 18.5. The molecule has 1 N–H and O–H groups in total. The Hall–Kier alpha value is -3.71. The molecule has 40 heavy (non-hydrogen) atoms. The molecule has 2 aliphatic heterocycles. The summed E-state index contributed by atoms with van der Waals surface area (Å²) in [5, 5.41) is 8.89. The van der Waals surface area contributed by atoms with E-state index in [4.69, 9.17) is 14.6 Å². The first-order valence-corrected chi connectivity index (χ1v) is 13.9. The maximum atomic E-state index is 14.0. The summed E-state index contributed by atoms with van der Waals surface area (Å²) >= 11 is 0. The molecule has 1 spiro atoms. The molecule has 4 aliphatic rings. The number of Topliss-reactive ketones (excluding diaryl/α,β-unsaturated/α-hetero) is 1. The molecule has 0 aromatic heterocycles. The summed E-state index contributed by atoms with van der Waals surface area (Å²) in [7, 11) is 3.91. The SMILES string of the molecule is CC(C(=O)O)c1ccc(-c2ccccc2)c(F)c1.COc1ccc2c3c1O[C@H]1C(=O)CC[C@H]4[C@@H](C2)N(C)CC[C@]314. The number of carbonyl (C=O) groups is 2. The Balaban J connectivity index is 0.000000148. The number of carboxylic acids is 1. The van der Waals surface area contributed by atoms with Crippen LogP contribution in [-0.4, -0.2) is 54.6 Å². The van der Waals surface area contributed by atoms with Crippen LogP contribution in [0.2, 0.25) is 0 Å². The van der Waals surface area contributed by atoms with E-state index in [0.717, 1.165) is 42.9 Å². The number of piperidine rings is 1. The van der Waals surface area contributed by atoms with Gasteiger partial charge in [0.25, 0.3) is 0 Å². The van der Waals surface area contributed by atoms with Crippen LogP contribution in [0.15, 0.2) is 60.7 Å². The first kappa shape index (κ1) is 26.5. The highest BCUT2D eigenvalue weighted by molar-refractivity contribution is 5.89. The summed E-state index contributed by atoms with van der Waals surface area (Å²) in [6.45, 7) is 2.59. The lowest BCUT2D eigenvalue weighted by molar-refractivity contribution is -0.139. The average Bonchev–Trinajstić information content (AvgIpc) is 3.32. The molecule has 208 valence electrons. The number of hydrogen-bond donors (Lipinski definition) is 1. The fourth-order valence-corrected chi connectivity index (χ4v) is 7.47. The van der Waals surface area contributed by atoms with Crippen LogP contribution in [0.5, 0.6) is 11.5 Å². The van der Waals surface area contributed by atoms with Gasteiger partial charge >= 0.3 is 5.97 Å². The molecule has 0 amide bonds. The van der Waals surface area contributed by atoms with Gasteiger partial charge in [-0.1, -0.05) is 48.5 Å². The van der Waals surface area contributed by atoms with Gasteiger partial charge in [0.05, 0.1) is 13.0 Å². The Morgan fingerprint density at radius 2 is 1.95 bits per heavy atom. The van der Waals surface area contributed by atoms with E-state index in [-0.39, 0.29) is 17.3 Å². The number of ether oxygens (including phenoxy) is 2. The number of carboxylic acid groups (broad SMARTS) is 1. The molecular formula is C33H34FNO5. The third kappa shape index (κ3) is 4.01. The molecule has 2 bridgehead atoms. The Morgan fingerprint density at radius 1 is 1.18 bits per heavy atom. The highest BCUT2D eigenvalue weighted by atomic mass is 19.1. The summed E-state index contributed by atoms with van der Waals surface area (Å²) in [5.41, 5.74) is 4.31. The van der Waals surface area contributed by atoms with Crippen LogP contribution in [-0.2, 0) is 21.4 Å². The number of methoxy groups -OCH3 is 1. The molecule has 3 aromatic carbocycles. The van der Waals surface area contributed by atoms with Crippen molar-refractivity contribution >= 4 is 11.8 Å². The van der Waals surface area contributed by atoms with Gasteiger partial charge < -0.3 is 19.5 Å². The van der Waals surface area contributed by atoms with Crippen molar-refractivity contribution in [2.45, 2.75) is 56.1 Å². The quantitative estimate of drug-likeness (QED) is 0.461. The van der Waals surface area contributed by atoms with Crippen molar-refractivity contribution in [3.05, 3.63) is 83.2 Å². The van der Waals surface area contributed by atoms with E-state index in [1.807, 2.05) is 36.4 Å². The first-order valence-electron chi connectivity index (χ1n) is 13.9. The van der Waals surface area contributed by atoms with Gasteiger partial charge in [0.1, 0.15) is 5.82 Å². The zero-order valence-electron chi connectivity index (χ0n) is 23.0. The molecule has 3 aromatic rings. The number of halogens is 1. The number of carbonyl (C=O) groups excluding carboxylic acids is 1. The lowest BCUT2D eigenvalue weighted by Gasteiger charge is -2.57. The maximum absolute atomic E-state index is 14.0. The standard InChI is InChI=1S/C18H21NO3.C15H13FO2/c1-19-8-7-18-11-4-5-13(20)17(18)22-16-14(21-2)6-3-10(15(16)18)9-12(11)19;1-10(15(17)18)12-7-8-13(14(16)9-12)11-5-3-2-4-6-11/h3,6,11-12,17H,4-5,7-9H2,1-2H3;2-10H,1H3,(H,17,18)/t11-,12+,17-,18-;/m0./s1. The number of benzene rings is 3. The molecule has 1 saturated carbocycles. The minimum absolute atomic E-state index is 0.0933. The minimum atomic E-state index is -0.957. The predicted molar refractivity (Wildman–Crippen MR) is 149 cm³/mol. The van der Waals surface area contributed by atoms with Crippen molar-refractivity contribution in [3.8, 4) is 22.6 Å². The van der Waals surface area contributed by atoms with Crippen molar-refractivity contribution in [2.24, 2.45) is 5.92 Å².